The van der Waals surface area contributed by atoms with Gasteiger partial charge < -0.3 is 10.6 Å². The van der Waals surface area contributed by atoms with Gasteiger partial charge in [-0.25, -0.2) is 0 Å². The number of amides is 1. The lowest BCUT2D eigenvalue weighted by molar-refractivity contribution is -0.129. The molecule has 0 fully saturated rings. The van der Waals surface area contributed by atoms with Crippen molar-refractivity contribution in [3.8, 4) is 0 Å². The molecule has 1 aromatic heterocycles. The molecule has 0 aliphatic carbocycles. The number of thiophene rings is 1. The quantitative estimate of drug-likeness (QED) is 0.871. The molecule has 1 aromatic carbocycles. The largest absolute Gasteiger partial charge is 0.399 e. The average molecular weight is 274 g/mol. The van der Waals surface area contributed by atoms with Crippen molar-refractivity contribution in [1.29, 1.82) is 0 Å². The number of anilines is 1. The Labute approximate surface area is 117 Å². The number of nitrogens with two attached hydrogens (primary N) is 1. The van der Waals surface area contributed by atoms with Gasteiger partial charge in [-0.2, -0.15) is 0 Å². The minimum Gasteiger partial charge on any atom is -0.399 e. The molecule has 2 N–H and O–H groups in total. The van der Waals surface area contributed by atoms with Crippen LogP contribution < -0.4 is 5.73 Å². The molecule has 0 saturated heterocycles. The van der Waals surface area contributed by atoms with Gasteiger partial charge in [-0.05, 0) is 41.6 Å². The fourth-order valence-electron chi connectivity index (χ4n) is 1.88. The van der Waals surface area contributed by atoms with E-state index in [4.69, 9.17) is 5.73 Å². The molecule has 1 amide bonds. The number of likely N-dealkylation sites (N-methyl/N-ethyl adjacent to an activating group) is 1. The Bertz CT molecular complexity index is 577. The van der Waals surface area contributed by atoms with Crippen LogP contribution in [0, 0.1) is 6.92 Å². The summed E-state index contributed by atoms with van der Waals surface area (Å²) in [6.45, 7) is 2.74. The molecule has 1 heterocycles. The summed E-state index contributed by atoms with van der Waals surface area (Å²) < 4.78 is 0. The number of carbonyl (C=O) groups is 1. The van der Waals surface area contributed by atoms with Gasteiger partial charge in [0.25, 0.3) is 0 Å². The Kier molecular flexibility index (Phi) is 4.22. The second-order valence-electron chi connectivity index (χ2n) is 4.70. The summed E-state index contributed by atoms with van der Waals surface area (Å²) in [7, 11) is 1.84. The van der Waals surface area contributed by atoms with Crippen molar-refractivity contribution in [1.82, 2.24) is 4.90 Å². The van der Waals surface area contributed by atoms with E-state index in [0.717, 1.165) is 5.56 Å². The monoisotopic (exact) mass is 274 g/mol. The highest BCUT2D eigenvalue weighted by molar-refractivity contribution is 7.10. The number of nitrogen functional groups attached to an aromatic ring is 1. The van der Waals surface area contributed by atoms with Crippen molar-refractivity contribution >= 4 is 22.9 Å². The van der Waals surface area contributed by atoms with Crippen LogP contribution in [0.5, 0.6) is 0 Å². The molecule has 0 unspecified atom stereocenters. The van der Waals surface area contributed by atoms with Crippen LogP contribution in [0.3, 0.4) is 0 Å². The standard InChI is InChI=1S/C15H18N2OS/c1-11-6-7-19-14(11)10-17(2)15(18)9-12-4-3-5-13(16)8-12/h3-8H,9-10,16H2,1-2H3. The van der Waals surface area contributed by atoms with E-state index in [2.05, 4.69) is 18.4 Å². The SMILES string of the molecule is Cc1ccsc1CN(C)C(=O)Cc1cccc(N)c1. The lowest BCUT2D eigenvalue weighted by Crippen LogP contribution is -2.27. The fourth-order valence-corrected chi connectivity index (χ4v) is 2.84. The van der Waals surface area contributed by atoms with Crippen LogP contribution in [0.1, 0.15) is 16.0 Å². The number of hydrogen-bond donors (Lipinski definition) is 1. The van der Waals surface area contributed by atoms with Crippen molar-refractivity contribution in [2.45, 2.75) is 19.9 Å². The second kappa shape index (κ2) is 5.89. The molecule has 0 spiro atoms. The lowest BCUT2D eigenvalue weighted by Gasteiger charge is -2.17. The molecular weight excluding hydrogens is 256 g/mol. The second-order valence-corrected chi connectivity index (χ2v) is 5.70. The normalized spacial score (nSPS) is 10.4. The summed E-state index contributed by atoms with van der Waals surface area (Å²) in [6.07, 6.45) is 0.395. The fraction of sp³-hybridized carbons (Fsp3) is 0.267. The molecule has 0 aliphatic heterocycles. The number of hydrogen-bond acceptors (Lipinski definition) is 3. The van der Waals surface area contributed by atoms with E-state index in [1.807, 2.05) is 31.3 Å². The summed E-state index contributed by atoms with van der Waals surface area (Å²) in [5.41, 5.74) is 8.62. The van der Waals surface area contributed by atoms with Gasteiger partial charge in [-0.3, -0.25) is 4.79 Å². The maximum absolute atomic E-state index is 12.2. The highest BCUT2D eigenvalue weighted by atomic mass is 32.1. The molecule has 0 saturated carbocycles. The first-order valence-electron chi connectivity index (χ1n) is 6.17. The van der Waals surface area contributed by atoms with E-state index in [-0.39, 0.29) is 5.91 Å². The van der Waals surface area contributed by atoms with Crippen molar-refractivity contribution in [2.24, 2.45) is 0 Å². The number of carbonyl (C=O) groups excluding carboxylic acids is 1. The molecule has 4 heteroatoms. The molecular formula is C15H18N2OS. The first kappa shape index (κ1) is 13.6. The molecule has 19 heavy (non-hydrogen) atoms. The smallest absolute Gasteiger partial charge is 0.227 e. The maximum Gasteiger partial charge on any atom is 0.227 e. The Balaban J connectivity index is 1.98. The summed E-state index contributed by atoms with van der Waals surface area (Å²) >= 11 is 1.69. The average Bonchev–Trinajstić information content (AvgIpc) is 2.75. The number of rotatable bonds is 4. The Morgan fingerprint density at radius 2 is 2.16 bits per heavy atom. The zero-order valence-electron chi connectivity index (χ0n) is 11.2. The van der Waals surface area contributed by atoms with Gasteiger partial charge in [0.1, 0.15) is 0 Å². The van der Waals surface area contributed by atoms with Gasteiger partial charge in [-0.15, -0.1) is 11.3 Å². The number of benzene rings is 1. The Morgan fingerprint density at radius 1 is 1.37 bits per heavy atom. The Morgan fingerprint density at radius 3 is 2.79 bits per heavy atom. The molecule has 0 radical (unpaired) electrons. The minimum absolute atomic E-state index is 0.110. The summed E-state index contributed by atoms with van der Waals surface area (Å²) in [5, 5.41) is 2.06. The van der Waals surface area contributed by atoms with Gasteiger partial charge >= 0.3 is 0 Å². The third-order valence-corrected chi connectivity index (χ3v) is 4.09. The molecule has 100 valence electrons. The molecule has 0 atom stereocenters. The van der Waals surface area contributed by atoms with E-state index < -0.39 is 0 Å². The predicted molar refractivity (Wildman–Crippen MR) is 80.1 cm³/mol. The van der Waals surface area contributed by atoms with Crippen molar-refractivity contribution in [3.05, 3.63) is 51.7 Å². The van der Waals surface area contributed by atoms with Crippen molar-refractivity contribution < 1.29 is 4.79 Å². The van der Waals surface area contributed by atoms with E-state index in [0.29, 0.717) is 18.7 Å². The zero-order chi connectivity index (χ0) is 13.8. The van der Waals surface area contributed by atoms with Gasteiger partial charge in [0.2, 0.25) is 5.91 Å². The summed E-state index contributed by atoms with van der Waals surface area (Å²) in [6, 6.07) is 9.56. The highest BCUT2D eigenvalue weighted by Crippen LogP contribution is 2.18. The first-order valence-corrected chi connectivity index (χ1v) is 7.05. The van der Waals surface area contributed by atoms with E-state index >= 15 is 0 Å². The number of aryl methyl sites for hydroxylation is 1. The van der Waals surface area contributed by atoms with Crippen LogP contribution in [-0.4, -0.2) is 17.9 Å². The topological polar surface area (TPSA) is 46.3 Å². The van der Waals surface area contributed by atoms with Crippen LogP contribution in [0.2, 0.25) is 0 Å². The molecule has 2 aromatic rings. The van der Waals surface area contributed by atoms with Crippen molar-refractivity contribution in [3.63, 3.8) is 0 Å². The van der Waals surface area contributed by atoms with Crippen LogP contribution in [0.4, 0.5) is 5.69 Å². The molecule has 2 rings (SSSR count). The molecule has 3 nitrogen and oxygen atoms in total. The molecule has 0 bridgehead atoms. The number of nitrogens with zero attached hydrogens (tertiary/aromatic N) is 1. The van der Waals surface area contributed by atoms with Crippen LogP contribution >= 0.6 is 11.3 Å². The minimum atomic E-state index is 0.110. The predicted octanol–water partition coefficient (Wildman–Crippen LogP) is 2.84. The summed E-state index contributed by atoms with van der Waals surface area (Å²) in [4.78, 5) is 15.2. The van der Waals surface area contributed by atoms with Gasteiger partial charge in [0.15, 0.2) is 0 Å². The maximum atomic E-state index is 12.2. The van der Waals surface area contributed by atoms with Crippen LogP contribution in [0.25, 0.3) is 0 Å². The van der Waals surface area contributed by atoms with Gasteiger partial charge in [-0.1, -0.05) is 12.1 Å². The van der Waals surface area contributed by atoms with E-state index in [1.54, 1.807) is 16.2 Å². The zero-order valence-corrected chi connectivity index (χ0v) is 12.0. The highest BCUT2D eigenvalue weighted by Gasteiger charge is 2.12. The van der Waals surface area contributed by atoms with E-state index in [1.165, 1.54) is 10.4 Å². The first-order chi connectivity index (χ1) is 9.06. The van der Waals surface area contributed by atoms with Crippen LogP contribution in [0.15, 0.2) is 35.7 Å². The van der Waals surface area contributed by atoms with E-state index in [9.17, 15) is 4.79 Å². The van der Waals surface area contributed by atoms with Crippen LogP contribution in [-0.2, 0) is 17.8 Å². The van der Waals surface area contributed by atoms with Gasteiger partial charge in [0.05, 0.1) is 13.0 Å². The van der Waals surface area contributed by atoms with Crippen molar-refractivity contribution in [2.75, 3.05) is 12.8 Å². The van der Waals surface area contributed by atoms with Gasteiger partial charge in [0, 0.05) is 17.6 Å². The summed E-state index contributed by atoms with van der Waals surface area (Å²) in [5.74, 6) is 0.110. The Hall–Kier alpha value is -1.81. The third kappa shape index (κ3) is 3.58. The molecule has 0 aliphatic rings. The lowest BCUT2D eigenvalue weighted by atomic mass is 10.1. The third-order valence-electron chi connectivity index (χ3n) is 3.08.